The molecule has 0 radical (unpaired) electrons. The molecular formula is C13H13NO2. The second-order valence-corrected chi connectivity index (χ2v) is 4.14. The lowest BCUT2D eigenvalue weighted by Crippen LogP contribution is -2.09. The Hall–Kier alpha value is -1.77. The largest absolute Gasteiger partial charge is 0.496 e. The number of ether oxygens (including phenoxy) is 1. The van der Waals surface area contributed by atoms with Crippen molar-refractivity contribution in [3.05, 3.63) is 29.5 Å². The van der Waals surface area contributed by atoms with Gasteiger partial charge in [0.25, 0.3) is 0 Å². The molecule has 0 saturated heterocycles. The molecule has 1 aliphatic carbocycles. The lowest BCUT2D eigenvalue weighted by atomic mass is 9.94. The quantitative estimate of drug-likeness (QED) is 0.794. The van der Waals surface area contributed by atoms with Crippen LogP contribution in [0.15, 0.2) is 18.2 Å². The van der Waals surface area contributed by atoms with Crippen molar-refractivity contribution < 1.29 is 9.53 Å². The zero-order valence-electron chi connectivity index (χ0n) is 9.17. The summed E-state index contributed by atoms with van der Waals surface area (Å²) in [5, 5.41) is 0.949. The minimum Gasteiger partial charge on any atom is -0.496 e. The summed E-state index contributed by atoms with van der Waals surface area (Å²) in [4.78, 5) is 15.3. The normalized spacial score (nSPS) is 15.2. The Kier molecular flexibility index (Phi) is 1.99. The van der Waals surface area contributed by atoms with Crippen LogP contribution in [0.3, 0.4) is 0 Å². The smallest absolute Gasteiger partial charge is 0.165 e. The van der Waals surface area contributed by atoms with E-state index in [1.165, 1.54) is 0 Å². The third kappa shape index (κ3) is 1.18. The highest BCUT2D eigenvalue weighted by Crippen LogP contribution is 2.34. The van der Waals surface area contributed by atoms with E-state index in [1.807, 2.05) is 18.2 Å². The molecule has 1 aliphatic rings. The molecule has 1 heterocycles. The van der Waals surface area contributed by atoms with Crippen LogP contribution in [-0.2, 0) is 6.42 Å². The Morgan fingerprint density at radius 3 is 3.00 bits per heavy atom. The van der Waals surface area contributed by atoms with Crippen molar-refractivity contribution >= 4 is 16.7 Å². The maximum Gasteiger partial charge on any atom is 0.165 e. The molecule has 2 aromatic rings. The lowest BCUT2D eigenvalue weighted by molar-refractivity contribution is 0.0974. The van der Waals surface area contributed by atoms with Gasteiger partial charge in [-0.1, -0.05) is 6.07 Å². The molecule has 82 valence electrons. The van der Waals surface area contributed by atoms with Gasteiger partial charge in [-0.3, -0.25) is 4.79 Å². The molecule has 3 heteroatoms. The molecule has 1 aromatic carbocycles. The van der Waals surface area contributed by atoms with Gasteiger partial charge >= 0.3 is 0 Å². The van der Waals surface area contributed by atoms with Gasteiger partial charge in [-0.15, -0.1) is 0 Å². The van der Waals surface area contributed by atoms with Gasteiger partial charge in [0.15, 0.2) is 5.78 Å². The number of rotatable bonds is 1. The number of carbonyl (C=O) groups is 1. The van der Waals surface area contributed by atoms with E-state index in [0.29, 0.717) is 6.42 Å². The molecule has 0 saturated carbocycles. The first-order valence-corrected chi connectivity index (χ1v) is 5.52. The number of hydrogen-bond acceptors (Lipinski definition) is 2. The number of H-pyrrole nitrogens is 1. The zero-order chi connectivity index (χ0) is 11.1. The fraction of sp³-hybridized carbons (Fsp3) is 0.308. The average Bonchev–Trinajstić information content (AvgIpc) is 2.68. The van der Waals surface area contributed by atoms with E-state index in [2.05, 4.69) is 4.98 Å². The topological polar surface area (TPSA) is 42.1 Å². The van der Waals surface area contributed by atoms with Gasteiger partial charge in [0.2, 0.25) is 0 Å². The Morgan fingerprint density at radius 1 is 1.31 bits per heavy atom. The van der Waals surface area contributed by atoms with Crippen LogP contribution in [0.1, 0.15) is 28.9 Å². The Balaban J connectivity index is 2.39. The number of Topliss-reactive ketones (excluding diaryl/α,β-unsaturated/α-hetero) is 1. The van der Waals surface area contributed by atoms with Crippen molar-refractivity contribution in [2.75, 3.05) is 7.11 Å². The predicted octanol–water partition coefficient (Wildman–Crippen LogP) is 2.70. The second-order valence-electron chi connectivity index (χ2n) is 4.14. The minimum absolute atomic E-state index is 0.233. The molecule has 0 atom stereocenters. The number of aromatic amines is 1. The summed E-state index contributed by atoms with van der Waals surface area (Å²) < 4.78 is 5.33. The highest BCUT2D eigenvalue weighted by atomic mass is 16.5. The number of ketones is 1. The van der Waals surface area contributed by atoms with E-state index < -0.39 is 0 Å². The van der Waals surface area contributed by atoms with E-state index in [1.54, 1.807) is 7.11 Å². The summed E-state index contributed by atoms with van der Waals surface area (Å²) in [6.07, 6.45) is 2.55. The van der Waals surface area contributed by atoms with Crippen LogP contribution in [0.5, 0.6) is 5.75 Å². The molecule has 3 rings (SSSR count). The first kappa shape index (κ1) is 9.46. The number of benzene rings is 1. The van der Waals surface area contributed by atoms with Crippen molar-refractivity contribution in [2.45, 2.75) is 19.3 Å². The molecule has 0 bridgehead atoms. The van der Waals surface area contributed by atoms with Crippen LogP contribution >= 0.6 is 0 Å². The maximum atomic E-state index is 12.0. The summed E-state index contributed by atoms with van der Waals surface area (Å²) in [5.41, 5.74) is 2.91. The second kappa shape index (κ2) is 3.37. The average molecular weight is 215 g/mol. The summed E-state index contributed by atoms with van der Waals surface area (Å²) in [6, 6.07) is 5.83. The summed E-state index contributed by atoms with van der Waals surface area (Å²) in [6.45, 7) is 0. The molecule has 0 spiro atoms. The van der Waals surface area contributed by atoms with Gasteiger partial charge in [0.05, 0.1) is 18.0 Å². The Morgan fingerprint density at radius 2 is 2.19 bits per heavy atom. The third-order valence-corrected chi connectivity index (χ3v) is 3.19. The molecule has 0 aliphatic heterocycles. The third-order valence-electron chi connectivity index (χ3n) is 3.19. The van der Waals surface area contributed by atoms with Gasteiger partial charge < -0.3 is 9.72 Å². The maximum absolute atomic E-state index is 12.0. The number of fused-ring (bicyclic) bond motifs is 3. The molecule has 0 amide bonds. The minimum atomic E-state index is 0.233. The molecule has 0 unspecified atom stereocenters. The van der Waals surface area contributed by atoms with E-state index in [0.717, 1.165) is 40.8 Å². The van der Waals surface area contributed by atoms with Gasteiger partial charge in [-0.2, -0.15) is 0 Å². The highest BCUT2D eigenvalue weighted by molar-refractivity contribution is 6.11. The van der Waals surface area contributed by atoms with Crippen molar-refractivity contribution in [3.8, 4) is 5.75 Å². The van der Waals surface area contributed by atoms with E-state index in [9.17, 15) is 4.79 Å². The van der Waals surface area contributed by atoms with Crippen molar-refractivity contribution in [2.24, 2.45) is 0 Å². The summed E-state index contributed by atoms with van der Waals surface area (Å²) in [5.74, 6) is 1.02. The number of nitrogens with one attached hydrogen (secondary N) is 1. The first-order chi connectivity index (χ1) is 7.81. The van der Waals surface area contributed by atoms with Crippen molar-refractivity contribution in [1.82, 2.24) is 4.98 Å². The van der Waals surface area contributed by atoms with Gasteiger partial charge in [0, 0.05) is 17.7 Å². The van der Waals surface area contributed by atoms with Gasteiger partial charge in [-0.25, -0.2) is 0 Å². The fourth-order valence-corrected chi connectivity index (χ4v) is 2.49. The van der Waals surface area contributed by atoms with Gasteiger partial charge in [-0.05, 0) is 25.0 Å². The number of methoxy groups -OCH3 is 1. The number of aromatic nitrogens is 1. The SMILES string of the molecule is COc1cccc2[nH]c3c(c12)C(=O)CCC3. The van der Waals surface area contributed by atoms with Gasteiger partial charge in [0.1, 0.15) is 5.75 Å². The fourth-order valence-electron chi connectivity index (χ4n) is 2.49. The predicted molar refractivity (Wildman–Crippen MR) is 62.1 cm³/mol. The van der Waals surface area contributed by atoms with Crippen LogP contribution in [0.25, 0.3) is 10.9 Å². The number of aryl methyl sites for hydroxylation is 1. The van der Waals surface area contributed by atoms with Crippen LogP contribution < -0.4 is 4.74 Å². The van der Waals surface area contributed by atoms with E-state index in [-0.39, 0.29) is 5.78 Å². The van der Waals surface area contributed by atoms with Crippen LogP contribution in [0, 0.1) is 0 Å². The van der Waals surface area contributed by atoms with Crippen LogP contribution in [-0.4, -0.2) is 17.9 Å². The van der Waals surface area contributed by atoms with E-state index >= 15 is 0 Å². The molecule has 1 aromatic heterocycles. The Labute approximate surface area is 93.4 Å². The van der Waals surface area contributed by atoms with Crippen LogP contribution in [0.4, 0.5) is 0 Å². The molecule has 3 nitrogen and oxygen atoms in total. The highest BCUT2D eigenvalue weighted by Gasteiger charge is 2.24. The number of carbonyl (C=O) groups excluding carboxylic acids is 1. The molecule has 1 N–H and O–H groups in total. The first-order valence-electron chi connectivity index (χ1n) is 5.52. The molecular weight excluding hydrogens is 202 g/mol. The Bertz CT molecular complexity index is 569. The van der Waals surface area contributed by atoms with Crippen molar-refractivity contribution in [1.29, 1.82) is 0 Å². The summed E-state index contributed by atoms with van der Waals surface area (Å²) >= 11 is 0. The summed E-state index contributed by atoms with van der Waals surface area (Å²) in [7, 11) is 1.64. The molecule has 0 fully saturated rings. The molecule has 16 heavy (non-hydrogen) atoms. The zero-order valence-corrected chi connectivity index (χ0v) is 9.17. The lowest BCUT2D eigenvalue weighted by Gasteiger charge is -2.10. The standard InChI is InChI=1S/C13H13NO2/c1-16-11-7-3-5-9-13(11)12-8(14-9)4-2-6-10(12)15/h3,5,7,14H,2,4,6H2,1H3. The van der Waals surface area contributed by atoms with Crippen molar-refractivity contribution in [3.63, 3.8) is 0 Å². The van der Waals surface area contributed by atoms with E-state index in [4.69, 9.17) is 4.74 Å². The van der Waals surface area contributed by atoms with Crippen LogP contribution in [0.2, 0.25) is 0 Å². The monoisotopic (exact) mass is 215 g/mol. The number of hydrogen-bond donors (Lipinski definition) is 1.